The molecule has 4 nitrogen and oxygen atoms in total. The van der Waals surface area contributed by atoms with Gasteiger partial charge in [0.2, 0.25) is 0 Å². The molecule has 0 spiro atoms. The van der Waals surface area contributed by atoms with E-state index >= 15 is 0 Å². The van der Waals surface area contributed by atoms with Gasteiger partial charge in [-0.2, -0.15) is 11.8 Å². The standard InChI is InChI=1S/C14H28N2O2S2/c1-3-20(17,18)14-11-19-9-8-16(14)12(2)10-15-13-6-4-5-7-13/h12-15H,3-11H2,1-2H3. The SMILES string of the molecule is CCS(=O)(=O)C1CSCCN1C(C)CNC1CCCC1. The van der Waals surface area contributed by atoms with E-state index in [9.17, 15) is 8.42 Å². The van der Waals surface area contributed by atoms with Crippen molar-refractivity contribution in [1.82, 2.24) is 10.2 Å². The predicted molar refractivity (Wildman–Crippen MR) is 87.0 cm³/mol. The molecule has 2 unspecified atom stereocenters. The summed E-state index contributed by atoms with van der Waals surface area (Å²) in [7, 11) is -2.98. The van der Waals surface area contributed by atoms with E-state index in [1.165, 1.54) is 25.7 Å². The maximum atomic E-state index is 12.3. The normalized spacial score (nSPS) is 27.8. The molecule has 0 amide bonds. The molecule has 2 atom stereocenters. The summed E-state index contributed by atoms with van der Waals surface area (Å²) in [6.45, 7) is 5.72. The van der Waals surface area contributed by atoms with Gasteiger partial charge in [0.05, 0.1) is 0 Å². The minimum absolute atomic E-state index is 0.248. The Hall–Kier alpha value is 0.220. The minimum atomic E-state index is -2.98. The van der Waals surface area contributed by atoms with Gasteiger partial charge in [0, 0.05) is 42.4 Å². The van der Waals surface area contributed by atoms with E-state index in [1.54, 1.807) is 18.7 Å². The smallest absolute Gasteiger partial charge is 0.166 e. The first-order valence-corrected chi connectivity index (χ1v) is 10.7. The van der Waals surface area contributed by atoms with Crippen molar-refractivity contribution in [2.45, 2.75) is 57.0 Å². The highest BCUT2D eigenvalue weighted by Gasteiger charge is 2.35. The minimum Gasteiger partial charge on any atom is -0.312 e. The van der Waals surface area contributed by atoms with Gasteiger partial charge in [-0.15, -0.1) is 0 Å². The Morgan fingerprint density at radius 2 is 2.05 bits per heavy atom. The van der Waals surface area contributed by atoms with Gasteiger partial charge in [0.25, 0.3) is 0 Å². The molecule has 1 aliphatic carbocycles. The third-order valence-electron chi connectivity index (χ3n) is 4.56. The number of hydrogen-bond acceptors (Lipinski definition) is 5. The summed E-state index contributed by atoms with van der Waals surface area (Å²) < 4.78 is 24.5. The van der Waals surface area contributed by atoms with Crippen molar-refractivity contribution in [1.29, 1.82) is 0 Å². The third kappa shape index (κ3) is 4.12. The maximum absolute atomic E-state index is 12.3. The average Bonchev–Trinajstić information content (AvgIpc) is 2.98. The molecule has 1 saturated carbocycles. The van der Waals surface area contributed by atoms with Crippen molar-refractivity contribution < 1.29 is 8.42 Å². The molecule has 1 N–H and O–H groups in total. The number of nitrogens with one attached hydrogen (secondary N) is 1. The Balaban J connectivity index is 1.92. The molecule has 0 bridgehead atoms. The second-order valence-corrected chi connectivity index (χ2v) is 9.55. The molecule has 0 radical (unpaired) electrons. The number of thioether (sulfide) groups is 1. The van der Waals surface area contributed by atoms with Crippen molar-refractivity contribution >= 4 is 21.6 Å². The molecule has 2 aliphatic rings. The third-order valence-corrected chi connectivity index (χ3v) is 7.87. The fourth-order valence-electron chi connectivity index (χ4n) is 3.18. The lowest BCUT2D eigenvalue weighted by atomic mass is 10.2. The van der Waals surface area contributed by atoms with Crippen molar-refractivity contribution in [2.24, 2.45) is 0 Å². The molecule has 0 aromatic heterocycles. The summed E-state index contributed by atoms with van der Waals surface area (Å²) in [5, 5.41) is 3.34. The van der Waals surface area contributed by atoms with Crippen LogP contribution < -0.4 is 5.32 Å². The van der Waals surface area contributed by atoms with Crippen LogP contribution in [0.4, 0.5) is 0 Å². The van der Waals surface area contributed by atoms with Gasteiger partial charge in [-0.3, -0.25) is 4.90 Å². The molecule has 2 rings (SSSR count). The summed E-state index contributed by atoms with van der Waals surface area (Å²) in [6.07, 6.45) is 5.22. The summed E-state index contributed by atoms with van der Waals surface area (Å²) in [5.41, 5.74) is 0. The van der Waals surface area contributed by atoms with Crippen LogP contribution >= 0.6 is 11.8 Å². The zero-order valence-corrected chi connectivity index (χ0v) is 14.3. The average molecular weight is 321 g/mol. The summed E-state index contributed by atoms with van der Waals surface area (Å²) in [6, 6.07) is 0.945. The second-order valence-electron chi connectivity index (χ2n) is 5.96. The van der Waals surface area contributed by atoms with Gasteiger partial charge >= 0.3 is 0 Å². The molecular formula is C14H28N2O2S2. The van der Waals surface area contributed by atoms with Crippen molar-refractivity contribution in [3.63, 3.8) is 0 Å². The summed E-state index contributed by atoms with van der Waals surface area (Å²) in [4.78, 5) is 2.21. The quantitative estimate of drug-likeness (QED) is 0.807. The largest absolute Gasteiger partial charge is 0.312 e. The highest BCUT2D eigenvalue weighted by Crippen LogP contribution is 2.24. The van der Waals surface area contributed by atoms with Crippen LogP contribution in [-0.4, -0.2) is 61.1 Å². The van der Waals surface area contributed by atoms with Crippen LogP contribution in [0.2, 0.25) is 0 Å². The Morgan fingerprint density at radius 3 is 2.70 bits per heavy atom. The molecule has 1 aliphatic heterocycles. The number of nitrogens with zero attached hydrogens (tertiary/aromatic N) is 1. The zero-order valence-electron chi connectivity index (χ0n) is 12.7. The number of hydrogen-bond donors (Lipinski definition) is 1. The van der Waals surface area contributed by atoms with E-state index in [0.29, 0.717) is 12.1 Å². The Kier molecular flexibility index (Phi) is 6.20. The van der Waals surface area contributed by atoms with E-state index < -0.39 is 9.84 Å². The van der Waals surface area contributed by atoms with Crippen LogP contribution in [-0.2, 0) is 9.84 Å². The van der Waals surface area contributed by atoms with Gasteiger partial charge in [0.1, 0.15) is 5.37 Å². The van der Waals surface area contributed by atoms with E-state index in [2.05, 4.69) is 17.1 Å². The summed E-state index contributed by atoms with van der Waals surface area (Å²) >= 11 is 1.77. The van der Waals surface area contributed by atoms with Crippen LogP contribution in [0.15, 0.2) is 0 Å². The van der Waals surface area contributed by atoms with E-state index in [-0.39, 0.29) is 11.1 Å². The zero-order chi connectivity index (χ0) is 14.6. The highest BCUT2D eigenvalue weighted by molar-refractivity contribution is 8.01. The van der Waals surface area contributed by atoms with E-state index in [1.807, 2.05) is 0 Å². The first-order chi connectivity index (χ1) is 9.54. The Labute approximate surface area is 128 Å². The van der Waals surface area contributed by atoms with Crippen LogP contribution in [0, 0.1) is 0 Å². The molecule has 2 fully saturated rings. The Bertz CT molecular complexity index is 394. The maximum Gasteiger partial charge on any atom is 0.166 e. The fraction of sp³-hybridized carbons (Fsp3) is 1.00. The molecule has 1 saturated heterocycles. The highest BCUT2D eigenvalue weighted by atomic mass is 32.2. The van der Waals surface area contributed by atoms with Gasteiger partial charge in [-0.05, 0) is 19.8 Å². The van der Waals surface area contributed by atoms with Crippen molar-refractivity contribution in [3.05, 3.63) is 0 Å². The molecule has 20 heavy (non-hydrogen) atoms. The lowest BCUT2D eigenvalue weighted by Gasteiger charge is -2.39. The first kappa shape index (κ1) is 16.6. The van der Waals surface area contributed by atoms with Gasteiger partial charge in [0.15, 0.2) is 9.84 Å². The molecule has 118 valence electrons. The first-order valence-electron chi connectivity index (χ1n) is 7.83. The number of sulfone groups is 1. The summed E-state index contributed by atoms with van der Waals surface area (Å²) in [5.74, 6) is 2.02. The molecular weight excluding hydrogens is 292 g/mol. The second kappa shape index (κ2) is 7.47. The van der Waals surface area contributed by atoms with Crippen molar-refractivity contribution in [2.75, 3.05) is 30.3 Å². The monoisotopic (exact) mass is 320 g/mol. The van der Waals surface area contributed by atoms with Crippen LogP contribution in [0.3, 0.4) is 0 Å². The Morgan fingerprint density at radius 1 is 1.35 bits per heavy atom. The molecule has 1 heterocycles. The topological polar surface area (TPSA) is 49.4 Å². The fourth-order valence-corrected chi connectivity index (χ4v) is 6.31. The molecule has 0 aromatic carbocycles. The van der Waals surface area contributed by atoms with Crippen LogP contribution in [0.5, 0.6) is 0 Å². The van der Waals surface area contributed by atoms with E-state index in [4.69, 9.17) is 0 Å². The van der Waals surface area contributed by atoms with Gasteiger partial charge < -0.3 is 5.32 Å². The van der Waals surface area contributed by atoms with Gasteiger partial charge in [-0.25, -0.2) is 8.42 Å². The van der Waals surface area contributed by atoms with Crippen LogP contribution in [0.25, 0.3) is 0 Å². The van der Waals surface area contributed by atoms with Crippen LogP contribution in [0.1, 0.15) is 39.5 Å². The lowest BCUT2D eigenvalue weighted by Crippen LogP contribution is -2.54. The van der Waals surface area contributed by atoms with E-state index in [0.717, 1.165) is 24.6 Å². The lowest BCUT2D eigenvalue weighted by molar-refractivity contribution is 0.196. The number of rotatable bonds is 6. The predicted octanol–water partition coefficient (Wildman–Crippen LogP) is 1.72. The van der Waals surface area contributed by atoms with Gasteiger partial charge in [-0.1, -0.05) is 19.8 Å². The molecule has 6 heteroatoms. The van der Waals surface area contributed by atoms with Crippen molar-refractivity contribution in [3.8, 4) is 0 Å². The molecule has 0 aromatic rings.